The summed E-state index contributed by atoms with van der Waals surface area (Å²) in [7, 11) is 1.68. The minimum Gasteiger partial charge on any atom is -0.495 e. The van der Waals surface area contributed by atoms with E-state index in [9.17, 15) is 0 Å². The maximum Gasteiger partial charge on any atom is 0.142 e. The highest BCUT2D eigenvalue weighted by atomic mass is 35.5. The predicted molar refractivity (Wildman–Crippen MR) is 75.2 cm³/mol. The molecule has 2 nitrogen and oxygen atoms in total. The Balaban J connectivity index is 2.73. The normalized spacial score (nSPS) is 12.2. The van der Waals surface area contributed by atoms with E-state index in [0.29, 0.717) is 6.04 Å². The molecule has 3 heteroatoms. The molecule has 1 N–H and O–H groups in total. The molecule has 96 valence electrons. The average Bonchev–Trinajstić information content (AvgIpc) is 2.34. The van der Waals surface area contributed by atoms with Gasteiger partial charge >= 0.3 is 0 Å². The molecule has 1 rings (SSSR count). The molecule has 0 bridgehead atoms. The standard InChI is InChI=1S/C14H22ClNO/c1-4-6-7-12(5-2)16-13-10-11(15)8-9-14(13)17-3/h8-10,12,16H,4-7H2,1-3H3. The lowest BCUT2D eigenvalue weighted by Gasteiger charge is -2.20. The van der Waals surface area contributed by atoms with Gasteiger partial charge in [-0.05, 0) is 31.0 Å². The Morgan fingerprint density at radius 3 is 2.71 bits per heavy atom. The zero-order chi connectivity index (χ0) is 12.7. The van der Waals surface area contributed by atoms with Crippen molar-refractivity contribution < 1.29 is 4.74 Å². The summed E-state index contributed by atoms with van der Waals surface area (Å²) in [5, 5.41) is 4.25. The second-order valence-corrected chi connectivity index (χ2v) is 4.67. The summed E-state index contributed by atoms with van der Waals surface area (Å²) < 4.78 is 5.33. The van der Waals surface area contributed by atoms with E-state index < -0.39 is 0 Å². The number of rotatable bonds is 7. The first-order chi connectivity index (χ1) is 8.21. The molecule has 0 fully saturated rings. The lowest BCUT2D eigenvalue weighted by Crippen LogP contribution is -2.18. The summed E-state index contributed by atoms with van der Waals surface area (Å²) in [6.07, 6.45) is 4.76. The van der Waals surface area contributed by atoms with Crippen LogP contribution in [0, 0.1) is 0 Å². The number of methoxy groups -OCH3 is 1. The summed E-state index contributed by atoms with van der Waals surface area (Å²) in [6.45, 7) is 4.41. The van der Waals surface area contributed by atoms with Crippen LogP contribution in [-0.4, -0.2) is 13.2 Å². The molecule has 1 aromatic rings. The SMILES string of the molecule is CCCCC(CC)Nc1cc(Cl)ccc1OC. The summed E-state index contributed by atoms with van der Waals surface area (Å²) in [5.41, 5.74) is 0.989. The first-order valence-electron chi connectivity index (χ1n) is 6.31. The summed E-state index contributed by atoms with van der Waals surface area (Å²) in [4.78, 5) is 0. The number of ether oxygens (including phenoxy) is 1. The molecule has 0 saturated carbocycles. The number of nitrogens with one attached hydrogen (secondary N) is 1. The molecule has 1 unspecified atom stereocenters. The monoisotopic (exact) mass is 255 g/mol. The van der Waals surface area contributed by atoms with E-state index in [1.807, 2.05) is 18.2 Å². The number of benzene rings is 1. The van der Waals surface area contributed by atoms with Crippen molar-refractivity contribution in [2.24, 2.45) is 0 Å². The van der Waals surface area contributed by atoms with Gasteiger partial charge in [-0.3, -0.25) is 0 Å². The van der Waals surface area contributed by atoms with Gasteiger partial charge in [0.2, 0.25) is 0 Å². The van der Waals surface area contributed by atoms with E-state index >= 15 is 0 Å². The molecule has 1 aromatic carbocycles. The molecule has 0 aliphatic rings. The fourth-order valence-electron chi connectivity index (χ4n) is 1.84. The molecule has 0 saturated heterocycles. The molecule has 0 radical (unpaired) electrons. The van der Waals surface area contributed by atoms with Gasteiger partial charge in [-0.25, -0.2) is 0 Å². The minimum atomic E-state index is 0.488. The van der Waals surface area contributed by atoms with Gasteiger partial charge in [0.05, 0.1) is 12.8 Å². The third-order valence-electron chi connectivity index (χ3n) is 2.92. The van der Waals surface area contributed by atoms with Crippen molar-refractivity contribution in [2.45, 2.75) is 45.6 Å². The van der Waals surface area contributed by atoms with Gasteiger partial charge in [0.1, 0.15) is 5.75 Å². The highest BCUT2D eigenvalue weighted by molar-refractivity contribution is 6.30. The minimum absolute atomic E-state index is 0.488. The van der Waals surface area contributed by atoms with Crippen molar-refractivity contribution in [3.05, 3.63) is 23.2 Å². The van der Waals surface area contributed by atoms with Gasteiger partial charge in [0, 0.05) is 11.1 Å². The molecular formula is C14H22ClNO. The second-order valence-electron chi connectivity index (χ2n) is 4.24. The Labute approximate surface area is 109 Å². The summed E-state index contributed by atoms with van der Waals surface area (Å²) >= 11 is 6.01. The van der Waals surface area contributed by atoms with Crippen LogP contribution in [0.4, 0.5) is 5.69 Å². The number of halogens is 1. The first kappa shape index (κ1) is 14.2. The fourth-order valence-corrected chi connectivity index (χ4v) is 2.01. The van der Waals surface area contributed by atoms with E-state index in [2.05, 4.69) is 19.2 Å². The number of unbranched alkanes of at least 4 members (excludes halogenated alkanes) is 1. The lowest BCUT2D eigenvalue weighted by atomic mass is 10.1. The number of hydrogen-bond acceptors (Lipinski definition) is 2. The van der Waals surface area contributed by atoms with Crippen molar-refractivity contribution in [3.8, 4) is 5.75 Å². The number of anilines is 1. The van der Waals surface area contributed by atoms with E-state index in [-0.39, 0.29) is 0 Å². The van der Waals surface area contributed by atoms with Crippen LogP contribution >= 0.6 is 11.6 Å². The molecule has 0 heterocycles. The van der Waals surface area contributed by atoms with Crippen LogP contribution < -0.4 is 10.1 Å². The van der Waals surface area contributed by atoms with Crippen LogP contribution in [0.1, 0.15) is 39.5 Å². The zero-order valence-electron chi connectivity index (χ0n) is 10.9. The van der Waals surface area contributed by atoms with Crippen LogP contribution in [0.5, 0.6) is 5.75 Å². The Morgan fingerprint density at radius 1 is 1.35 bits per heavy atom. The van der Waals surface area contributed by atoms with Crippen LogP contribution in [0.25, 0.3) is 0 Å². The maximum absolute atomic E-state index is 6.01. The Morgan fingerprint density at radius 2 is 2.12 bits per heavy atom. The van der Waals surface area contributed by atoms with Gasteiger partial charge in [0.25, 0.3) is 0 Å². The first-order valence-corrected chi connectivity index (χ1v) is 6.69. The fraction of sp³-hybridized carbons (Fsp3) is 0.571. The third-order valence-corrected chi connectivity index (χ3v) is 3.16. The molecule has 0 aliphatic carbocycles. The average molecular weight is 256 g/mol. The molecule has 17 heavy (non-hydrogen) atoms. The molecule has 0 amide bonds. The van der Waals surface area contributed by atoms with Crippen LogP contribution in [-0.2, 0) is 0 Å². The topological polar surface area (TPSA) is 21.3 Å². The van der Waals surface area contributed by atoms with Gasteiger partial charge in [-0.2, -0.15) is 0 Å². The van der Waals surface area contributed by atoms with Crippen LogP contribution in [0.2, 0.25) is 5.02 Å². The zero-order valence-corrected chi connectivity index (χ0v) is 11.7. The Bertz CT molecular complexity index is 341. The molecule has 0 aromatic heterocycles. The van der Waals surface area contributed by atoms with Crippen molar-refractivity contribution in [1.82, 2.24) is 0 Å². The van der Waals surface area contributed by atoms with Gasteiger partial charge in [0.15, 0.2) is 0 Å². The summed E-state index contributed by atoms with van der Waals surface area (Å²) in [6, 6.07) is 6.16. The van der Waals surface area contributed by atoms with Crippen molar-refractivity contribution in [1.29, 1.82) is 0 Å². The molecular weight excluding hydrogens is 234 g/mol. The van der Waals surface area contributed by atoms with Crippen molar-refractivity contribution >= 4 is 17.3 Å². The van der Waals surface area contributed by atoms with E-state index in [4.69, 9.17) is 16.3 Å². The van der Waals surface area contributed by atoms with Gasteiger partial charge in [-0.15, -0.1) is 0 Å². The van der Waals surface area contributed by atoms with E-state index in [1.54, 1.807) is 7.11 Å². The summed E-state index contributed by atoms with van der Waals surface area (Å²) in [5.74, 6) is 0.851. The highest BCUT2D eigenvalue weighted by Crippen LogP contribution is 2.29. The van der Waals surface area contributed by atoms with E-state index in [1.165, 1.54) is 19.3 Å². The largest absolute Gasteiger partial charge is 0.495 e. The predicted octanol–water partition coefficient (Wildman–Crippen LogP) is 4.73. The van der Waals surface area contributed by atoms with Crippen LogP contribution in [0.3, 0.4) is 0 Å². The Kier molecular flexibility index (Phi) is 6.20. The smallest absolute Gasteiger partial charge is 0.142 e. The molecule has 1 atom stereocenters. The second kappa shape index (κ2) is 7.44. The number of hydrogen-bond donors (Lipinski definition) is 1. The van der Waals surface area contributed by atoms with E-state index in [0.717, 1.165) is 22.9 Å². The van der Waals surface area contributed by atoms with Crippen LogP contribution in [0.15, 0.2) is 18.2 Å². The van der Waals surface area contributed by atoms with Crippen molar-refractivity contribution in [3.63, 3.8) is 0 Å². The van der Waals surface area contributed by atoms with Gasteiger partial charge < -0.3 is 10.1 Å². The molecule has 0 spiro atoms. The highest BCUT2D eigenvalue weighted by Gasteiger charge is 2.09. The quantitative estimate of drug-likeness (QED) is 0.761. The van der Waals surface area contributed by atoms with Gasteiger partial charge in [-0.1, -0.05) is 38.3 Å². The lowest BCUT2D eigenvalue weighted by molar-refractivity contribution is 0.415. The Hall–Kier alpha value is -0.890. The van der Waals surface area contributed by atoms with Crippen molar-refractivity contribution in [2.75, 3.05) is 12.4 Å². The molecule has 0 aliphatic heterocycles. The maximum atomic E-state index is 6.01. The third kappa shape index (κ3) is 4.47.